The molecular formula is C41H53N5O4. The van der Waals surface area contributed by atoms with Crippen molar-refractivity contribution >= 4 is 5.91 Å². The van der Waals surface area contributed by atoms with Gasteiger partial charge in [-0.25, -0.2) is 0 Å². The minimum atomic E-state index is -0.160. The van der Waals surface area contributed by atoms with Gasteiger partial charge in [0.05, 0.1) is 25.8 Å². The van der Waals surface area contributed by atoms with E-state index in [0.717, 1.165) is 78.5 Å². The lowest BCUT2D eigenvalue weighted by Gasteiger charge is -2.41. The van der Waals surface area contributed by atoms with Crippen LogP contribution in [0.3, 0.4) is 0 Å². The van der Waals surface area contributed by atoms with Crippen molar-refractivity contribution < 1.29 is 14.3 Å². The van der Waals surface area contributed by atoms with Crippen LogP contribution in [0.5, 0.6) is 11.5 Å². The zero-order valence-electron chi connectivity index (χ0n) is 31.3. The number of carbonyl (C=O) groups is 1. The van der Waals surface area contributed by atoms with Crippen molar-refractivity contribution in [1.82, 2.24) is 19.3 Å². The molecule has 2 aliphatic rings. The number of amides is 1. The smallest absolute Gasteiger partial charge is 0.264 e. The molecule has 1 amide bonds. The number of hydrogen-bond donors (Lipinski definition) is 0. The van der Waals surface area contributed by atoms with E-state index in [2.05, 4.69) is 60.0 Å². The van der Waals surface area contributed by atoms with Crippen LogP contribution in [0, 0.1) is 37.0 Å². The molecule has 50 heavy (non-hydrogen) atoms. The quantitative estimate of drug-likeness (QED) is 0.186. The molecule has 9 heteroatoms. The van der Waals surface area contributed by atoms with Gasteiger partial charge >= 0.3 is 0 Å². The number of aryl methyl sites for hydroxylation is 1. The second-order valence-electron chi connectivity index (χ2n) is 14.5. The zero-order chi connectivity index (χ0) is 36.3. The van der Waals surface area contributed by atoms with Crippen LogP contribution in [0.1, 0.15) is 67.1 Å². The van der Waals surface area contributed by atoms with Crippen LogP contribution in [0.2, 0.25) is 0 Å². The Morgan fingerprint density at radius 2 is 1.58 bits per heavy atom. The van der Waals surface area contributed by atoms with E-state index in [4.69, 9.17) is 9.47 Å². The van der Waals surface area contributed by atoms with Crippen molar-refractivity contribution in [2.45, 2.75) is 67.1 Å². The van der Waals surface area contributed by atoms with E-state index in [1.54, 1.807) is 31.9 Å². The molecule has 3 heterocycles. The Balaban J connectivity index is 1.30. The minimum Gasteiger partial charge on any atom is -0.496 e. The Morgan fingerprint density at radius 1 is 0.960 bits per heavy atom. The molecule has 0 aliphatic carbocycles. The monoisotopic (exact) mass is 679 g/mol. The van der Waals surface area contributed by atoms with Gasteiger partial charge in [-0.05, 0) is 72.1 Å². The Hall–Kier alpha value is -4.39. The fourth-order valence-corrected chi connectivity index (χ4v) is 7.65. The van der Waals surface area contributed by atoms with Crippen molar-refractivity contribution in [3.05, 3.63) is 91.9 Å². The number of carbonyl (C=O) groups excluding carboxylic acids is 1. The number of piperazine rings is 1. The molecule has 1 fully saturated rings. The Bertz CT molecular complexity index is 1830. The molecule has 3 aromatic rings. The predicted octanol–water partition coefficient (Wildman–Crippen LogP) is 6.19. The zero-order valence-corrected chi connectivity index (χ0v) is 31.3. The first kappa shape index (κ1) is 36.9. The largest absolute Gasteiger partial charge is 0.496 e. The van der Waals surface area contributed by atoms with Gasteiger partial charge in [0.25, 0.3) is 11.5 Å². The molecule has 0 saturated carbocycles. The van der Waals surface area contributed by atoms with Crippen molar-refractivity contribution in [3.63, 3.8) is 0 Å². The van der Waals surface area contributed by atoms with Crippen LogP contribution in [0.25, 0.3) is 11.1 Å². The Kier molecular flexibility index (Phi) is 11.5. The Labute approximate surface area is 297 Å². The van der Waals surface area contributed by atoms with Crippen LogP contribution >= 0.6 is 0 Å². The standard InChI is InChI=1S/C41H53N5O4/c1-26(2)19-32(22-42)41(48)46-14-13-33-30(11-10-12-34(33)39(46)27(3)4)23-44-15-17-45(18-16-44)25-36-37(49-8)20-31(21-38(36)50-9)35-24-43(7)40(47)29(6)28(35)5/h10-12,19-21,24,26-27,39H,13-18,23,25H2,1-9H3/b32-19+. The first-order valence-electron chi connectivity index (χ1n) is 17.8. The lowest BCUT2D eigenvalue weighted by atomic mass is 9.83. The predicted molar refractivity (Wildman–Crippen MR) is 198 cm³/mol. The van der Waals surface area contributed by atoms with Gasteiger partial charge in [0.2, 0.25) is 0 Å². The molecule has 0 N–H and O–H groups in total. The summed E-state index contributed by atoms with van der Waals surface area (Å²) in [5, 5.41) is 9.77. The number of aromatic nitrogens is 1. The molecule has 2 aliphatic heterocycles. The second-order valence-corrected chi connectivity index (χ2v) is 14.5. The van der Waals surface area contributed by atoms with E-state index >= 15 is 0 Å². The third-order valence-corrected chi connectivity index (χ3v) is 10.4. The van der Waals surface area contributed by atoms with Gasteiger partial charge in [-0.3, -0.25) is 19.4 Å². The van der Waals surface area contributed by atoms with E-state index in [9.17, 15) is 14.9 Å². The number of pyridine rings is 1. The lowest BCUT2D eigenvalue weighted by Crippen LogP contribution is -2.46. The number of ether oxygens (including phenoxy) is 2. The fourth-order valence-electron chi connectivity index (χ4n) is 7.65. The molecule has 1 saturated heterocycles. The van der Waals surface area contributed by atoms with Crippen LogP contribution in [0.4, 0.5) is 0 Å². The summed E-state index contributed by atoms with van der Waals surface area (Å²) in [5.41, 5.74) is 8.79. The molecule has 0 bridgehead atoms. The van der Waals surface area contributed by atoms with E-state index in [1.807, 2.05) is 38.8 Å². The average molecular weight is 680 g/mol. The summed E-state index contributed by atoms with van der Waals surface area (Å²) in [7, 11) is 5.18. The second kappa shape index (κ2) is 15.7. The first-order chi connectivity index (χ1) is 23.9. The van der Waals surface area contributed by atoms with Gasteiger partial charge < -0.3 is 18.9 Å². The highest BCUT2D eigenvalue weighted by atomic mass is 16.5. The summed E-state index contributed by atoms with van der Waals surface area (Å²) in [6.07, 6.45) is 4.45. The number of nitrogens with zero attached hydrogens (tertiary/aromatic N) is 5. The number of allylic oxidation sites excluding steroid dienone is 1. The van der Waals surface area contributed by atoms with E-state index < -0.39 is 0 Å². The number of rotatable bonds is 10. The van der Waals surface area contributed by atoms with E-state index in [-0.39, 0.29) is 34.9 Å². The molecule has 1 unspecified atom stereocenters. The first-order valence-corrected chi connectivity index (χ1v) is 17.8. The number of nitriles is 1. The molecule has 9 nitrogen and oxygen atoms in total. The molecule has 2 aromatic carbocycles. The normalized spacial score (nSPS) is 17.2. The van der Waals surface area contributed by atoms with E-state index in [1.165, 1.54) is 16.7 Å². The number of methoxy groups -OCH3 is 2. The van der Waals surface area contributed by atoms with Crippen molar-refractivity contribution in [3.8, 4) is 28.7 Å². The van der Waals surface area contributed by atoms with Crippen molar-refractivity contribution in [2.24, 2.45) is 18.9 Å². The summed E-state index contributed by atoms with van der Waals surface area (Å²) < 4.78 is 13.5. The van der Waals surface area contributed by atoms with Crippen molar-refractivity contribution in [1.29, 1.82) is 5.26 Å². The maximum atomic E-state index is 13.6. The maximum Gasteiger partial charge on any atom is 0.264 e. The highest BCUT2D eigenvalue weighted by Crippen LogP contribution is 2.39. The Morgan fingerprint density at radius 3 is 2.14 bits per heavy atom. The summed E-state index contributed by atoms with van der Waals surface area (Å²) in [4.78, 5) is 33.0. The molecule has 1 aromatic heterocycles. The highest BCUT2D eigenvalue weighted by Gasteiger charge is 2.35. The molecular weight excluding hydrogens is 626 g/mol. The minimum absolute atomic E-state index is 0.0104. The topological polar surface area (TPSA) is 91.0 Å². The van der Waals surface area contributed by atoms with Gasteiger partial charge in [-0.15, -0.1) is 0 Å². The fraction of sp³-hybridized carbons (Fsp3) is 0.488. The van der Waals surface area contributed by atoms with Crippen LogP contribution < -0.4 is 15.0 Å². The van der Waals surface area contributed by atoms with Crippen LogP contribution in [0.15, 0.2) is 53.0 Å². The number of benzene rings is 2. The third-order valence-electron chi connectivity index (χ3n) is 10.4. The summed E-state index contributed by atoms with van der Waals surface area (Å²) >= 11 is 0. The maximum absolute atomic E-state index is 13.6. The van der Waals surface area contributed by atoms with E-state index in [0.29, 0.717) is 13.1 Å². The van der Waals surface area contributed by atoms with Gasteiger partial charge in [0.15, 0.2) is 0 Å². The number of fused-ring (bicyclic) bond motifs is 1. The SMILES string of the molecule is COc1cc(-c2cn(C)c(=O)c(C)c2C)cc(OC)c1CN1CCN(Cc2cccc3c2CCN(C(=O)/C(C#N)=C/C(C)C)C3C(C)C)CC1. The van der Waals surface area contributed by atoms with Gasteiger partial charge in [0.1, 0.15) is 23.1 Å². The summed E-state index contributed by atoms with van der Waals surface area (Å²) in [5.74, 6) is 1.74. The molecule has 0 radical (unpaired) electrons. The van der Waals surface area contributed by atoms with Crippen LogP contribution in [-0.2, 0) is 31.4 Å². The summed E-state index contributed by atoms with van der Waals surface area (Å²) in [6, 6.07) is 12.7. The van der Waals surface area contributed by atoms with Gasteiger partial charge in [0, 0.05) is 70.2 Å². The number of hydrogen-bond acceptors (Lipinski definition) is 7. The van der Waals surface area contributed by atoms with Gasteiger partial charge in [-0.2, -0.15) is 5.26 Å². The average Bonchev–Trinajstić information content (AvgIpc) is 3.11. The summed E-state index contributed by atoms with van der Waals surface area (Å²) in [6.45, 7) is 18.1. The van der Waals surface area contributed by atoms with Crippen molar-refractivity contribution in [2.75, 3.05) is 46.9 Å². The van der Waals surface area contributed by atoms with Gasteiger partial charge in [-0.1, -0.05) is 52.0 Å². The molecule has 1 atom stereocenters. The molecule has 266 valence electrons. The highest BCUT2D eigenvalue weighted by molar-refractivity contribution is 5.97. The molecule has 0 spiro atoms. The van der Waals surface area contributed by atoms with Crippen LogP contribution in [-0.4, -0.2) is 72.1 Å². The third kappa shape index (κ3) is 7.52. The molecule has 5 rings (SSSR count). The lowest BCUT2D eigenvalue weighted by molar-refractivity contribution is -0.130.